The molecule has 0 aromatic heterocycles. The summed E-state index contributed by atoms with van der Waals surface area (Å²) in [7, 11) is 0. The van der Waals surface area contributed by atoms with Gasteiger partial charge in [0.2, 0.25) is 0 Å². The highest BCUT2D eigenvalue weighted by molar-refractivity contribution is 7.83. The van der Waals surface area contributed by atoms with Crippen molar-refractivity contribution in [2.45, 2.75) is 71.1 Å². The van der Waals surface area contributed by atoms with E-state index in [0.29, 0.717) is 0 Å². The number of hydrogen-bond donors (Lipinski definition) is 0. The minimum absolute atomic E-state index is 1.18. The molecule has 0 bridgehead atoms. The summed E-state index contributed by atoms with van der Waals surface area (Å²) in [5.41, 5.74) is 0. The van der Waals surface area contributed by atoms with Crippen molar-refractivity contribution in [3.63, 3.8) is 0 Å². The van der Waals surface area contributed by atoms with Crippen LogP contribution in [0.2, 0.25) is 0 Å². The van der Waals surface area contributed by atoms with E-state index in [4.69, 9.17) is 12.6 Å². The van der Waals surface area contributed by atoms with Gasteiger partial charge in [-0.15, -0.1) is 0 Å². The molecule has 0 nitrogen and oxygen atoms in total. The fraction of sp³-hybridized carbons (Fsp3) is 0.846. The maximum atomic E-state index is 4.73. The maximum Gasteiger partial charge on any atom is -0.00265 e. The largest absolute Gasteiger partial charge is 0.0891 e. The first-order valence-corrected chi connectivity index (χ1v) is 6.66. The molecule has 1 radical (unpaired) electrons. The lowest BCUT2D eigenvalue weighted by Crippen LogP contribution is -1.80. The van der Waals surface area contributed by atoms with Crippen LogP contribution >= 0.6 is 12.6 Å². The highest BCUT2D eigenvalue weighted by Gasteiger charge is 1.90. The first-order chi connectivity index (χ1) is 6.91. The Morgan fingerprint density at radius 1 is 0.786 bits per heavy atom. The van der Waals surface area contributed by atoms with E-state index in [9.17, 15) is 0 Å². The quantitative estimate of drug-likeness (QED) is 0.413. The topological polar surface area (TPSA) is 0 Å². The fourth-order valence-corrected chi connectivity index (χ4v) is 1.78. The zero-order valence-corrected chi connectivity index (χ0v) is 10.5. The molecule has 0 aromatic rings. The zero-order chi connectivity index (χ0) is 10.5. The van der Waals surface area contributed by atoms with Crippen molar-refractivity contribution < 1.29 is 0 Å². The van der Waals surface area contributed by atoms with Gasteiger partial charge in [-0.2, -0.15) is 0 Å². The molecule has 0 heterocycles. The first kappa shape index (κ1) is 14.0. The minimum atomic E-state index is 1.18. The second-order valence-corrected chi connectivity index (χ2v) is 4.26. The van der Waals surface area contributed by atoms with Gasteiger partial charge in [-0.25, -0.2) is 0 Å². The van der Waals surface area contributed by atoms with E-state index in [-0.39, 0.29) is 0 Å². The summed E-state index contributed by atoms with van der Waals surface area (Å²) in [5, 5.41) is 1.74. The summed E-state index contributed by atoms with van der Waals surface area (Å²) in [4.78, 5) is 0. The van der Waals surface area contributed by atoms with Crippen molar-refractivity contribution in [1.82, 2.24) is 0 Å². The van der Waals surface area contributed by atoms with Gasteiger partial charge in [0.05, 0.1) is 0 Å². The van der Waals surface area contributed by atoms with Crippen LogP contribution in [-0.2, 0) is 0 Å². The molecule has 14 heavy (non-hydrogen) atoms. The highest BCUT2D eigenvalue weighted by Crippen LogP contribution is 2.10. The van der Waals surface area contributed by atoms with Crippen LogP contribution in [0, 0.1) is 0 Å². The summed E-state index contributed by atoms with van der Waals surface area (Å²) < 4.78 is 0. The van der Waals surface area contributed by atoms with E-state index in [1.54, 1.807) is 5.41 Å². The Hall–Kier alpha value is -0.0400. The van der Waals surface area contributed by atoms with Gasteiger partial charge in [-0.3, -0.25) is 0 Å². The van der Waals surface area contributed by atoms with Crippen LogP contribution in [0.15, 0.2) is 11.5 Å². The third-order valence-corrected chi connectivity index (χ3v) is 2.76. The van der Waals surface area contributed by atoms with Crippen LogP contribution in [-0.4, -0.2) is 0 Å². The molecule has 0 N–H and O–H groups in total. The van der Waals surface area contributed by atoms with E-state index in [0.717, 1.165) is 0 Å². The number of unbranched alkanes of at least 4 members (excludes halogenated alkanes) is 9. The molecular weight excluding hydrogens is 188 g/mol. The molecule has 0 saturated carbocycles. The zero-order valence-electron chi connectivity index (χ0n) is 9.63. The standard InChI is InChI=1S/C13H25S/c1-2-3-4-5-6-7-8-9-10-11-12-13-14/h12-13H,2-11H2,1H3/b13-12+. The van der Waals surface area contributed by atoms with E-state index >= 15 is 0 Å². The lowest BCUT2D eigenvalue weighted by Gasteiger charge is -2.00. The van der Waals surface area contributed by atoms with Gasteiger partial charge < -0.3 is 0 Å². The Bertz CT molecular complexity index is 118. The number of rotatable bonds is 10. The van der Waals surface area contributed by atoms with Gasteiger partial charge in [0.15, 0.2) is 0 Å². The molecule has 0 unspecified atom stereocenters. The molecule has 1 heteroatoms. The van der Waals surface area contributed by atoms with Gasteiger partial charge in [0, 0.05) is 0 Å². The molecule has 0 saturated heterocycles. The van der Waals surface area contributed by atoms with Crippen molar-refractivity contribution in [2.75, 3.05) is 0 Å². The van der Waals surface area contributed by atoms with Crippen molar-refractivity contribution >= 4 is 12.6 Å². The molecular formula is C13H25S. The minimum Gasteiger partial charge on any atom is -0.0891 e. The van der Waals surface area contributed by atoms with Crippen LogP contribution in [0.1, 0.15) is 71.1 Å². The summed E-state index contributed by atoms with van der Waals surface area (Å²) in [6.45, 7) is 2.27. The average molecular weight is 213 g/mol. The normalized spacial score (nSPS) is 11.2. The average Bonchev–Trinajstić information content (AvgIpc) is 2.21. The number of allylic oxidation sites excluding steroid dienone is 1. The predicted octanol–water partition coefficient (Wildman–Crippen LogP) is 5.62. The van der Waals surface area contributed by atoms with E-state index in [2.05, 4.69) is 13.0 Å². The highest BCUT2D eigenvalue weighted by atomic mass is 32.1. The van der Waals surface area contributed by atoms with Crippen LogP contribution in [0.4, 0.5) is 0 Å². The van der Waals surface area contributed by atoms with E-state index in [1.165, 1.54) is 64.2 Å². The molecule has 0 aromatic carbocycles. The van der Waals surface area contributed by atoms with Crippen molar-refractivity contribution in [2.24, 2.45) is 0 Å². The Labute approximate surface area is 95.6 Å². The van der Waals surface area contributed by atoms with Crippen LogP contribution in [0.5, 0.6) is 0 Å². The summed E-state index contributed by atoms with van der Waals surface area (Å²) in [6, 6.07) is 0. The molecule has 83 valence electrons. The van der Waals surface area contributed by atoms with Gasteiger partial charge in [0.25, 0.3) is 0 Å². The summed E-state index contributed by atoms with van der Waals surface area (Å²) in [5.74, 6) is 0. The van der Waals surface area contributed by atoms with Gasteiger partial charge in [-0.05, 0) is 18.2 Å². The van der Waals surface area contributed by atoms with E-state index in [1.807, 2.05) is 0 Å². The van der Waals surface area contributed by atoms with Gasteiger partial charge in [-0.1, -0.05) is 77.0 Å². The fourth-order valence-electron chi connectivity index (χ4n) is 1.64. The molecule has 0 aliphatic carbocycles. The monoisotopic (exact) mass is 213 g/mol. The summed E-state index contributed by atoms with van der Waals surface area (Å²) >= 11 is 4.73. The molecule has 0 aliphatic heterocycles. The SMILES string of the molecule is CCCCCCCCCCC/C=C/[S]. The van der Waals surface area contributed by atoms with Crippen molar-refractivity contribution in [3.8, 4) is 0 Å². The summed E-state index contributed by atoms with van der Waals surface area (Å²) in [6.07, 6.45) is 15.9. The van der Waals surface area contributed by atoms with Gasteiger partial charge in [0.1, 0.15) is 0 Å². The molecule has 0 atom stereocenters. The Morgan fingerprint density at radius 3 is 1.79 bits per heavy atom. The Balaban J connectivity index is 2.85. The Kier molecular flexibility index (Phi) is 12.9. The third-order valence-electron chi connectivity index (χ3n) is 2.57. The molecule has 0 fully saturated rings. The lowest BCUT2D eigenvalue weighted by molar-refractivity contribution is 0.566. The van der Waals surface area contributed by atoms with Crippen LogP contribution < -0.4 is 0 Å². The van der Waals surface area contributed by atoms with Gasteiger partial charge >= 0.3 is 0 Å². The first-order valence-electron chi connectivity index (χ1n) is 6.18. The lowest BCUT2D eigenvalue weighted by atomic mass is 10.1. The van der Waals surface area contributed by atoms with Crippen LogP contribution in [0.25, 0.3) is 0 Å². The third kappa shape index (κ3) is 12.0. The molecule has 0 rings (SSSR count). The molecule has 0 aliphatic rings. The second kappa shape index (κ2) is 13.0. The Morgan fingerprint density at radius 2 is 1.29 bits per heavy atom. The second-order valence-electron chi connectivity index (χ2n) is 3.99. The van der Waals surface area contributed by atoms with Crippen LogP contribution in [0.3, 0.4) is 0 Å². The van der Waals surface area contributed by atoms with E-state index < -0.39 is 0 Å². The van der Waals surface area contributed by atoms with Crippen molar-refractivity contribution in [3.05, 3.63) is 11.5 Å². The molecule has 0 spiro atoms. The molecule has 0 amide bonds. The number of hydrogen-bond acceptors (Lipinski definition) is 0. The maximum absolute atomic E-state index is 4.73. The smallest absolute Gasteiger partial charge is 0.00265 e. The van der Waals surface area contributed by atoms with Crippen molar-refractivity contribution in [1.29, 1.82) is 0 Å². The predicted molar refractivity (Wildman–Crippen MR) is 68.6 cm³/mol.